The number of benzene rings is 1. The van der Waals surface area contributed by atoms with E-state index in [1.807, 2.05) is 6.07 Å². The minimum Gasteiger partial charge on any atom is -0.381 e. The lowest BCUT2D eigenvalue weighted by Crippen LogP contribution is -2.54. The summed E-state index contributed by atoms with van der Waals surface area (Å²) in [5, 5.41) is 9.07. The van der Waals surface area contributed by atoms with Gasteiger partial charge in [0.1, 0.15) is 6.04 Å². The number of amides is 4. The molecule has 3 saturated heterocycles. The maximum Gasteiger partial charge on any atom is 0.262 e. The van der Waals surface area contributed by atoms with Crippen LogP contribution in [0.3, 0.4) is 0 Å². The van der Waals surface area contributed by atoms with E-state index in [-0.39, 0.29) is 18.7 Å². The predicted molar refractivity (Wildman–Crippen MR) is 113 cm³/mol. The molecule has 4 aliphatic rings. The highest BCUT2D eigenvalue weighted by molar-refractivity contribution is 6.23. The van der Waals surface area contributed by atoms with Crippen LogP contribution in [0.15, 0.2) is 18.2 Å². The van der Waals surface area contributed by atoms with Crippen molar-refractivity contribution in [2.24, 2.45) is 5.92 Å². The van der Waals surface area contributed by atoms with Crippen LogP contribution >= 0.6 is 0 Å². The Balaban J connectivity index is 1.27. The van der Waals surface area contributed by atoms with Crippen LogP contribution < -0.4 is 16.0 Å². The molecule has 0 radical (unpaired) electrons. The first kappa shape index (κ1) is 20.1. The monoisotopic (exact) mass is 425 g/mol. The van der Waals surface area contributed by atoms with E-state index in [1.54, 1.807) is 12.1 Å². The second-order valence-electron chi connectivity index (χ2n) is 8.97. The van der Waals surface area contributed by atoms with Crippen LogP contribution in [0, 0.1) is 5.92 Å². The van der Waals surface area contributed by atoms with Gasteiger partial charge in [-0.1, -0.05) is 0 Å². The van der Waals surface area contributed by atoms with Crippen LogP contribution in [0.25, 0.3) is 0 Å². The summed E-state index contributed by atoms with van der Waals surface area (Å²) in [6.45, 7) is 5.39. The number of piperidine rings is 2. The number of likely N-dealkylation sites (tertiary alicyclic amines) is 1. The number of carbonyl (C=O) groups is 4. The molecule has 4 amide bonds. The van der Waals surface area contributed by atoms with Gasteiger partial charge in [-0.05, 0) is 49.9 Å². The zero-order chi connectivity index (χ0) is 21.5. The highest BCUT2D eigenvalue weighted by Crippen LogP contribution is 2.30. The molecule has 0 spiro atoms. The second kappa shape index (κ2) is 8.05. The molecule has 1 aromatic carbocycles. The third-order valence-electron chi connectivity index (χ3n) is 6.70. The molecule has 4 heterocycles. The van der Waals surface area contributed by atoms with Gasteiger partial charge in [-0.2, -0.15) is 0 Å². The summed E-state index contributed by atoms with van der Waals surface area (Å²) in [4.78, 5) is 52.9. The van der Waals surface area contributed by atoms with Gasteiger partial charge < -0.3 is 15.5 Å². The molecule has 3 fully saturated rings. The molecule has 5 rings (SSSR count). The van der Waals surface area contributed by atoms with Crippen molar-refractivity contribution in [1.82, 2.24) is 20.4 Å². The van der Waals surface area contributed by atoms with Crippen LogP contribution in [-0.4, -0.2) is 78.2 Å². The number of fused-ring (bicyclic) bond motifs is 1. The van der Waals surface area contributed by atoms with Crippen molar-refractivity contribution >= 4 is 29.3 Å². The van der Waals surface area contributed by atoms with E-state index >= 15 is 0 Å². The zero-order valence-electron chi connectivity index (χ0n) is 17.4. The first-order valence-electron chi connectivity index (χ1n) is 11.0. The minimum absolute atomic E-state index is 0.117. The summed E-state index contributed by atoms with van der Waals surface area (Å²) in [6.07, 6.45) is 2.47. The molecule has 9 heteroatoms. The summed E-state index contributed by atoms with van der Waals surface area (Å²) in [6, 6.07) is 4.56. The summed E-state index contributed by atoms with van der Waals surface area (Å²) in [7, 11) is 0. The average molecular weight is 425 g/mol. The van der Waals surface area contributed by atoms with Gasteiger partial charge in [0.05, 0.1) is 11.1 Å². The van der Waals surface area contributed by atoms with Gasteiger partial charge in [0.25, 0.3) is 11.8 Å². The highest BCUT2D eigenvalue weighted by Gasteiger charge is 2.44. The predicted octanol–water partition coefficient (Wildman–Crippen LogP) is 0.184. The number of hydrogen-bond acceptors (Lipinski definition) is 7. The standard InChI is InChI=1S/C22H27N5O4/c28-19-6-5-18(20(29)25-19)27-21(30)16-4-3-14(8-17(16)22(27)31)24-15-2-1-7-26(12-15)11-13-9-23-10-13/h3-4,8,13,15,18,23-24H,1-2,5-7,9-12H2,(H,25,28,29). The van der Waals surface area contributed by atoms with Gasteiger partial charge in [-0.3, -0.25) is 29.4 Å². The summed E-state index contributed by atoms with van der Waals surface area (Å²) >= 11 is 0. The van der Waals surface area contributed by atoms with E-state index in [0.29, 0.717) is 17.2 Å². The molecule has 164 valence electrons. The molecule has 0 bridgehead atoms. The van der Waals surface area contributed by atoms with Gasteiger partial charge in [-0.15, -0.1) is 0 Å². The van der Waals surface area contributed by atoms with Gasteiger partial charge in [-0.25, -0.2) is 0 Å². The van der Waals surface area contributed by atoms with Crippen molar-refractivity contribution in [2.45, 2.75) is 37.8 Å². The van der Waals surface area contributed by atoms with Gasteiger partial charge in [0.15, 0.2) is 0 Å². The van der Waals surface area contributed by atoms with Crippen molar-refractivity contribution in [3.63, 3.8) is 0 Å². The number of carbonyl (C=O) groups excluding carboxylic acids is 4. The second-order valence-corrected chi connectivity index (χ2v) is 8.97. The fourth-order valence-corrected chi connectivity index (χ4v) is 4.98. The lowest BCUT2D eigenvalue weighted by Gasteiger charge is -2.38. The van der Waals surface area contributed by atoms with Gasteiger partial charge >= 0.3 is 0 Å². The van der Waals surface area contributed by atoms with Crippen molar-refractivity contribution in [3.8, 4) is 0 Å². The van der Waals surface area contributed by atoms with Crippen LogP contribution in [0.4, 0.5) is 5.69 Å². The molecule has 0 aliphatic carbocycles. The number of anilines is 1. The number of nitrogens with one attached hydrogen (secondary N) is 3. The zero-order valence-corrected chi connectivity index (χ0v) is 17.4. The van der Waals surface area contributed by atoms with Gasteiger partial charge in [0, 0.05) is 44.3 Å². The first-order chi connectivity index (χ1) is 15.0. The Morgan fingerprint density at radius 2 is 1.84 bits per heavy atom. The lowest BCUT2D eigenvalue weighted by molar-refractivity contribution is -0.136. The van der Waals surface area contributed by atoms with Crippen molar-refractivity contribution in [3.05, 3.63) is 29.3 Å². The molecule has 2 unspecified atom stereocenters. The number of nitrogens with zero attached hydrogens (tertiary/aromatic N) is 2. The number of hydrogen-bond donors (Lipinski definition) is 3. The Kier molecular flexibility index (Phi) is 5.23. The molecule has 0 saturated carbocycles. The Bertz CT molecular complexity index is 944. The lowest BCUT2D eigenvalue weighted by atomic mass is 9.99. The van der Waals surface area contributed by atoms with Crippen LogP contribution in [-0.2, 0) is 9.59 Å². The maximum atomic E-state index is 13.0. The van der Waals surface area contributed by atoms with Crippen molar-refractivity contribution < 1.29 is 19.2 Å². The molecule has 9 nitrogen and oxygen atoms in total. The molecule has 0 aromatic heterocycles. The Labute approximate surface area is 180 Å². The average Bonchev–Trinajstić information content (AvgIpc) is 2.96. The fraction of sp³-hybridized carbons (Fsp3) is 0.545. The van der Waals surface area contributed by atoms with Crippen LogP contribution in [0.5, 0.6) is 0 Å². The largest absolute Gasteiger partial charge is 0.381 e. The Morgan fingerprint density at radius 3 is 2.58 bits per heavy atom. The summed E-state index contributed by atoms with van der Waals surface area (Å²) < 4.78 is 0. The molecule has 4 aliphatic heterocycles. The van der Waals surface area contributed by atoms with Gasteiger partial charge in [0.2, 0.25) is 11.8 Å². The van der Waals surface area contributed by atoms with E-state index in [1.165, 1.54) is 0 Å². The van der Waals surface area contributed by atoms with Crippen LogP contribution in [0.1, 0.15) is 46.4 Å². The number of rotatable bonds is 5. The molecule has 3 N–H and O–H groups in total. The number of imide groups is 2. The first-order valence-corrected chi connectivity index (χ1v) is 11.0. The Morgan fingerprint density at radius 1 is 1.03 bits per heavy atom. The molecule has 2 atom stereocenters. The van der Waals surface area contributed by atoms with Crippen LogP contribution in [0.2, 0.25) is 0 Å². The molecule has 1 aromatic rings. The van der Waals surface area contributed by atoms with Crippen molar-refractivity contribution in [2.75, 3.05) is 38.0 Å². The SMILES string of the molecule is O=C1CCC(N2C(=O)c3ccc(NC4CCCN(CC5CNC5)C4)cc3C2=O)C(=O)N1. The smallest absolute Gasteiger partial charge is 0.262 e. The van der Waals surface area contributed by atoms with E-state index in [2.05, 4.69) is 20.9 Å². The topological polar surface area (TPSA) is 111 Å². The highest BCUT2D eigenvalue weighted by atomic mass is 16.2. The minimum atomic E-state index is -0.936. The maximum absolute atomic E-state index is 13.0. The normalized spacial score (nSPS) is 27.2. The van der Waals surface area contributed by atoms with E-state index in [4.69, 9.17) is 0 Å². The third kappa shape index (κ3) is 3.83. The van der Waals surface area contributed by atoms with Crippen molar-refractivity contribution in [1.29, 1.82) is 0 Å². The van der Waals surface area contributed by atoms with E-state index < -0.39 is 23.8 Å². The Hall–Kier alpha value is -2.78. The molecule has 31 heavy (non-hydrogen) atoms. The quantitative estimate of drug-likeness (QED) is 0.578. The fourth-order valence-electron chi connectivity index (χ4n) is 4.98. The summed E-state index contributed by atoms with van der Waals surface area (Å²) in [5.41, 5.74) is 1.43. The molecular formula is C22H27N5O4. The third-order valence-corrected chi connectivity index (χ3v) is 6.70. The molecular weight excluding hydrogens is 398 g/mol. The summed E-state index contributed by atoms with van der Waals surface area (Å²) in [5.74, 6) is -1.17. The van der Waals surface area contributed by atoms with E-state index in [9.17, 15) is 19.2 Å². The van der Waals surface area contributed by atoms with E-state index in [0.717, 1.165) is 62.1 Å².